The minimum Gasteiger partial charge on any atom is -0.452 e. The molecule has 1 saturated heterocycles. The summed E-state index contributed by atoms with van der Waals surface area (Å²) in [7, 11) is 0. The van der Waals surface area contributed by atoms with Gasteiger partial charge in [-0.15, -0.1) is 0 Å². The first-order valence-corrected chi connectivity index (χ1v) is 6.14. The Morgan fingerprint density at radius 3 is 3.07 bits per heavy atom. The number of halogens is 2. The number of hydrogen-bond donors (Lipinski definition) is 0. The molecular weight excluding hydrogens is 281 g/mol. The molecule has 5 heteroatoms. The Balaban J connectivity index is 2.11. The van der Waals surface area contributed by atoms with Gasteiger partial charge in [0, 0.05) is 17.9 Å². The van der Waals surface area contributed by atoms with Crippen molar-refractivity contribution >= 4 is 33.4 Å². The van der Waals surface area contributed by atoms with Gasteiger partial charge in [0.1, 0.15) is 0 Å². The van der Waals surface area contributed by atoms with E-state index in [0.717, 1.165) is 25.9 Å². The van der Waals surface area contributed by atoms with E-state index in [4.69, 9.17) is 16.0 Å². The number of hydrogen-bond acceptors (Lipinski definition) is 2. The van der Waals surface area contributed by atoms with Crippen molar-refractivity contribution in [2.45, 2.75) is 17.7 Å². The summed E-state index contributed by atoms with van der Waals surface area (Å²) in [6, 6.07) is 1.61. The second-order valence-corrected chi connectivity index (χ2v) is 5.24. The number of amides is 1. The van der Waals surface area contributed by atoms with E-state index in [-0.39, 0.29) is 11.1 Å². The summed E-state index contributed by atoms with van der Waals surface area (Å²) in [5.41, 5.74) is 0.457. The number of nitrogens with zero attached hydrogens (tertiary/aromatic N) is 1. The third-order valence-electron chi connectivity index (χ3n) is 2.50. The SMILES string of the molecule is O=C(c1ccoc1Cl)N1CCCC(Br)C1. The van der Waals surface area contributed by atoms with Gasteiger partial charge in [-0.1, -0.05) is 15.9 Å². The molecule has 0 spiro atoms. The normalized spacial score (nSPS) is 21.7. The van der Waals surface area contributed by atoms with Gasteiger partial charge < -0.3 is 9.32 Å². The van der Waals surface area contributed by atoms with E-state index in [1.54, 1.807) is 11.0 Å². The van der Waals surface area contributed by atoms with E-state index in [2.05, 4.69) is 15.9 Å². The highest BCUT2D eigenvalue weighted by molar-refractivity contribution is 9.09. The molecule has 1 aliphatic heterocycles. The summed E-state index contributed by atoms with van der Waals surface area (Å²) >= 11 is 9.29. The molecule has 2 rings (SSSR count). The van der Waals surface area contributed by atoms with Crippen LogP contribution in [0.25, 0.3) is 0 Å². The van der Waals surface area contributed by atoms with Crippen LogP contribution in [-0.4, -0.2) is 28.7 Å². The molecule has 1 amide bonds. The van der Waals surface area contributed by atoms with Gasteiger partial charge in [0.05, 0.1) is 11.8 Å². The van der Waals surface area contributed by atoms with Gasteiger partial charge in [0.25, 0.3) is 5.91 Å². The summed E-state index contributed by atoms with van der Waals surface area (Å²) in [5.74, 6) is -0.0436. The molecule has 3 nitrogen and oxygen atoms in total. The fourth-order valence-corrected chi connectivity index (χ4v) is 2.59. The summed E-state index contributed by atoms with van der Waals surface area (Å²) in [5, 5.41) is 0.177. The molecule has 1 aromatic rings. The Morgan fingerprint density at radius 1 is 1.67 bits per heavy atom. The standard InChI is InChI=1S/C10H11BrClNO2/c11-7-2-1-4-13(6-7)10(14)8-3-5-15-9(8)12/h3,5,7H,1-2,4,6H2. The first-order valence-electron chi connectivity index (χ1n) is 4.85. The number of carbonyl (C=O) groups is 1. The molecule has 15 heavy (non-hydrogen) atoms. The zero-order valence-electron chi connectivity index (χ0n) is 8.08. The van der Waals surface area contributed by atoms with Crippen LogP contribution in [0.15, 0.2) is 16.7 Å². The van der Waals surface area contributed by atoms with Crippen molar-refractivity contribution in [3.63, 3.8) is 0 Å². The Morgan fingerprint density at radius 2 is 2.47 bits per heavy atom. The lowest BCUT2D eigenvalue weighted by atomic mass is 10.1. The van der Waals surface area contributed by atoms with Crippen LogP contribution in [0.5, 0.6) is 0 Å². The van der Waals surface area contributed by atoms with Crippen molar-refractivity contribution in [1.82, 2.24) is 4.90 Å². The van der Waals surface area contributed by atoms with Gasteiger partial charge in [-0.25, -0.2) is 0 Å². The average Bonchev–Trinajstić information content (AvgIpc) is 2.63. The van der Waals surface area contributed by atoms with Gasteiger partial charge in [-0.05, 0) is 30.5 Å². The average molecular weight is 293 g/mol. The summed E-state index contributed by atoms with van der Waals surface area (Å²) in [6.07, 6.45) is 3.57. The molecule has 1 aliphatic rings. The lowest BCUT2D eigenvalue weighted by molar-refractivity contribution is 0.0729. The van der Waals surface area contributed by atoms with Gasteiger partial charge in [-0.3, -0.25) is 4.79 Å². The third-order valence-corrected chi connectivity index (χ3v) is 3.54. The third kappa shape index (κ3) is 2.37. The molecule has 1 unspecified atom stereocenters. The molecule has 0 N–H and O–H groups in total. The number of rotatable bonds is 1. The molecule has 1 atom stereocenters. The van der Waals surface area contributed by atoms with Gasteiger partial charge in [0.15, 0.2) is 0 Å². The minimum atomic E-state index is -0.0436. The molecular formula is C10H11BrClNO2. The molecule has 0 aliphatic carbocycles. The predicted octanol–water partition coefficient (Wildman–Crippen LogP) is 2.93. The zero-order valence-corrected chi connectivity index (χ0v) is 10.4. The molecule has 1 fully saturated rings. The van der Waals surface area contributed by atoms with E-state index in [1.165, 1.54) is 6.26 Å². The number of carbonyl (C=O) groups excluding carboxylic acids is 1. The smallest absolute Gasteiger partial charge is 0.258 e. The lowest BCUT2D eigenvalue weighted by Gasteiger charge is -2.29. The molecule has 0 bridgehead atoms. The highest BCUT2D eigenvalue weighted by Gasteiger charge is 2.25. The van der Waals surface area contributed by atoms with E-state index >= 15 is 0 Å². The molecule has 82 valence electrons. The summed E-state index contributed by atoms with van der Waals surface area (Å²) in [4.78, 5) is 14.2. The van der Waals surface area contributed by atoms with Gasteiger partial charge >= 0.3 is 0 Å². The Labute approximate surface area is 102 Å². The highest BCUT2D eigenvalue weighted by Crippen LogP contribution is 2.22. The fourth-order valence-electron chi connectivity index (χ4n) is 1.73. The summed E-state index contributed by atoms with van der Waals surface area (Å²) in [6.45, 7) is 1.53. The van der Waals surface area contributed by atoms with E-state index in [1.807, 2.05) is 0 Å². The second-order valence-electron chi connectivity index (χ2n) is 3.60. The van der Waals surface area contributed by atoms with Crippen LogP contribution in [0, 0.1) is 0 Å². The minimum absolute atomic E-state index is 0.0436. The second kappa shape index (κ2) is 4.58. The maximum Gasteiger partial charge on any atom is 0.258 e. The van der Waals surface area contributed by atoms with E-state index < -0.39 is 0 Å². The molecule has 0 radical (unpaired) electrons. The Bertz CT molecular complexity index is 366. The highest BCUT2D eigenvalue weighted by atomic mass is 79.9. The quantitative estimate of drug-likeness (QED) is 0.746. The monoisotopic (exact) mass is 291 g/mol. The lowest BCUT2D eigenvalue weighted by Crippen LogP contribution is -2.40. The number of piperidine rings is 1. The van der Waals surface area contributed by atoms with Gasteiger partial charge in [-0.2, -0.15) is 0 Å². The number of alkyl halides is 1. The Kier molecular flexibility index (Phi) is 3.36. The molecule has 0 saturated carbocycles. The van der Waals surface area contributed by atoms with Crippen LogP contribution in [0.4, 0.5) is 0 Å². The van der Waals surface area contributed by atoms with E-state index in [0.29, 0.717) is 10.4 Å². The fraction of sp³-hybridized carbons (Fsp3) is 0.500. The van der Waals surface area contributed by atoms with Gasteiger partial charge in [0.2, 0.25) is 5.22 Å². The van der Waals surface area contributed by atoms with Crippen LogP contribution < -0.4 is 0 Å². The maximum atomic E-state index is 12.0. The maximum absolute atomic E-state index is 12.0. The first kappa shape index (κ1) is 11.0. The largest absolute Gasteiger partial charge is 0.452 e. The van der Waals surface area contributed by atoms with Crippen LogP contribution in [0.1, 0.15) is 23.2 Å². The van der Waals surface area contributed by atoms with Crippen LogP contribution in [0.3, 0.4) is 0 Å². The van der Waals surface area contributed by atoms with Crippen LogP contribution in [-0.2, 0) is 0 Å². The van der Waals surface area contributed by atoms with Crippen LogP contribution in [0.2, 0.25) is 5.22 Å². The van der Waals surface area contributed by atoms with Crippen molar-refractivity contribution in [2.75, 3.05) is 13.1 Å². The Hall–Kier alpha value is -0.480. The van der Waals surface area contributed by atoms with Crippen molar-refractivity contribution in [2.24, 2.45) is 0 Å². The van der Waals surface area contributed by atoms with Crippen molar-refractivity contribution < 1.29 is 9.21 Å². The first-order chi connectivity index (χ1) is 7.18. The zero-order chi connectivity index (χ0) is 10.8. The van der Waals surface area contributed by atoms with Crippen molar-refractivity contribution in [1.29, 1.82) is 0 Å². The summed E-state index contributed by atoms with van der Waals surface area (Å²) < 4.78 is 4.91. The van der Waals surface area contributed by atoms with Crippen LogP contribution >= 0.6 is 27.5 Å². The topological polar surface area (TPSA) is 33.5 Å². The van der Waals surface area contributed by atoms with Crippen molar-refractivity contribution in [3.05, 3.63) is 23.1 Å². The van der Waals surface area contributed by atoms with E-state index in [9.17, 15) is 4.79 Å². The number of furan rings is 1. The number of likely N-dealkylation sites (tertiary alicyclic amines) is 1. The predicted molar refractivity (Wildman–Crippen MR) is 61.6 cm³/mol. The van der Waals surface area contributed by atoms with Crippen molar-refractivity contribution in [3.8, 4) is 0 Å². The molecule has 1 aromatic heterocycles. The molecule has 2 heterocycles. The molecule has 0 aromatic carbocycles.